The van der Waals surface area contributed by atoms with Crippen LogP contribution in [0.2, 0.25) is 0 Å². The smallest absolute Gasteiger partial charge is 0.378 e. The van der Waals surface area contributed by atoms with Crippen LogP contribution in [0.5, 0.6) is 0 Å². The standard InChI is InChI=1S/C29H47F3O2/c1-19(12-15-28(5,34-7)29(30,31)32)22-10-11-23-21-9-8-20-18-25(2,33-6)16-17-26(20,3)24(21)13-14-27(22,23)4/h8,19,21-24H,9-18H2,1-7H3/t19-,21+,22-,23+,24+,25+,26+,27-,28+/m1/s1. The molecule has 0 aliphatic heterocycles. The Bertz CT molecular complexity index is 793. The Hall–Kier alpha value is -0.550. The summed E-state index contributed by atoms with van der Waals surface area (Å²) in [6, 6.07) is 0. The Labute approximate surface area is 205 Å². The molecule has 0 saturated heterocycles. The summed E-state index contributed by atoms with van der Waals surface area (Å²) in [4.78, 5) is 0. The zero-order chi connectivity index (χ0) is 25.2. The lowest BCUT2D eigenvalue weighted by Gasteiger charge is -2.59. The number of allylic oxidation sites excluding steroid dienone is 1. The minimum atomic E-state index is -4.33. The van der Waals surface area contributed by atoms with Gasteiger partial charge in [0.25, 0.3) is 0 Å². The van der Waals surface area contributed by atoms with E-state index in [2.05, 4.69) is 33.8 Å². The summed E-state index contributed by atoms with van der Waals surface area (Å²) in [5.41, 5.74) is 0.0947. The minimum Gasteiger partial charge on any atom is -0.378 e. The van der Waals surface area contributed by atoms with Crippen LogP contribution in [0.1, 0.15) is 98.8 Å². The number of ether oxygens (including phenoxy) is 2. The van der Waals surface area contributed by atoms with Crippen LogP contribution in [0.4, 0.5) is 13.2 Å². The first-order chi connectivity index (χ1) is 15.7. The maximum absolute atomic E-state index is 13.6. The third kappa shape index (κ3) is 4.09. The van der Waals surface area contributed by atoms with Gasteiger partial charge in [-0.3, -0.25) is 0 Å². The van der Waals surface area contributed by atoms with Gasteiger partial charge >= 0.3 is 6.18 Å². The monoisotopic (exact) mass is 484 g/mol. The van der Waals surface area contributed by atoms with E-state index in [1.165, 1.54) is 46.1 Å². The number of fused-ring (bicyclic) bond motifs is 5. The first kappa shape index (κ1) is 26.5. The van der Waals surface area contributed by atoms with Gasteiger partial charge in [0.05, 0.1) is 5.60 Å². The Morgan fingerprint density at radius 3 is 2.35 bits per heavy atom. The highest BCUT2D eigenvalue weighted by Crippen LogP contribution is 2.68. The Morgan fingerprint density at radius 1 is 1.03 bits per heavy atom. The molecule has 4 aliphatic rings. The number of alkyl halides is 3. The summed E-state index contributed by atoms with van der Waals surface area (Å²) in [6.07, 6.45) is 8.29. The first-order valence-corrected chi connectivity index (χ1v) is 13.6. The SMILES string of the molecule is CO[C@@]1(C)CC[C@@]2(C)C(=CC[C@H]3[C@@H]4CC[C@H]([C@H](C)CC[C@](C)(OC)C(F)(F)F)[C@@]4(C)CC[C@@H]32)C1. The molecule has 0 radical (unpaired) electrons. The number of hydrogen-bond donors (Lipinski definition) is 0. The highest BCUT2D eigenvalue weighted by molar-refractivity contribution is 5.27. The molecular weight excluding hydrogens is 437 g/mol. The molecule has 4 aliphatic carbocycles. The molecule has 0 unspecified atom stereocenters. The maximum atomic E-state index is 13.6. The first-order valence-electron chi connectivity index (χ1n) is 13.6. The second-order valence-electron chi connectivity index (χ2n) is 13.3. The van der Waals surface area contributed by atoms with Crippen molar-refractivity contribution < 1.29 is 22.6 Å². The van der Waals surface area contributed by atoms with E-state index in [1.54, 1.807) is 5.57 Å². The van der Waals surface area contributed by atoms with Crippen molar-refractivity contribution in [2.24, 2.45) is 40.4 Å². The quantitative estimate of drug-likeness (QED) is 0.353. The molecule has 0 aromatic carbocycles. The van der Waals surface area contributed by atoms with E-state index in [1.807, 2.05) is 7.11 Å². The normalized spacial score (nSPS) is 44.9. The summed E-state index contributed by atoms with van der Waals surface area (Å²) in [7, 11) is 3.04. The lowest BCUT2D eigenvalue weighted by atomic mass is 9.46. The molecule has 3 fully saturated rings. The van der Waals surface area contributed by atoms with E-state index in [9.17, 15) is 13.2 Å². The van der Waals surface area contributed by atoms with E-state index < -0.39 is 11.8 Å². The van der Waals surface area contributed by atoms with Crippen LogP contribution in [0.25, 0.3) is 0 Å². The van der Waals surface area contributed by atoms with Crippen molar-refractivity contribution in [1.82, 2.24) is 0 Å². The van der Waals surface area contributed by atoms with Crippen LogP contribution in [0.15, 0.2) is 11.6 Å². The zero-order valence-corrected chi connectivity index (χ0v) is 22.5. The Morgan fingerprint density at radius 2 is 1.74 bits per heavy atom. The third-order valence-corrected chi connectivity index (χ3v) is 11.7. The number of rotatable bonds is 6. The van der Waals surface area contributed by atoms with Crippen molar-refractivity contribution in [2.75, 3.05) is 14.2 Å². The Balaban J connectivity index is 1.49. The topological polar surface area (TPSA) is 18.5 Å². The highest BCUT2D eigenvalue weighted by atomic mass is 19.4. The van der Waals surface area contributed by atoms with Crippen molar-refractivity contribution in [1.29, 1.82) is 0 Å². The van der Waals surface area contributed by atoms with Crippen molar-refractivity contribution in [2.45, 2.75) is 116 Å². The summed E-state index contributed by atoms with van der Waals surface area (Å²) in [5, 5.41) is 0. The van der Waals surface area contributed by atoms with Crippen LogP contribution >= 0.6 is 0 Å². The molecule has 0 bridgehead atoms. The largest absolute Gasteiger partial charge is 0.417 e. The van der Waals surface area contributed by atoms with Gasteiger partial charge in [0.2, 0.25) is 0 Å². The third-order valence-electron chi connectivity index (χ3n) is 11.7. The summed E-state index contributed by atoms with van der Waals surface area (Å²) >= 11 is 0. The number of methoxy groups -OCH3 is 2. The molecule has 0 spiro atoms. The predicted molar refractivity (Wildman–Crippen MR) is 130 cm³/mol. The molecule has 0 heterocycles. The van der Waals surface area contributed by atoms with E-state index in [0.29, 0.717) is 23.7 Å². The van der Waals surface area contributed by atoms with Crippen LogP contribution in [-0.2, 0) is 9.47 Å². The average Bonchev–Trinajstić information content (AvgIpc) is 3.14. The molecule has 3 saturated carbocycles. The molecule has 0 N–H and O–H groups in total. The van der Waals surface area contributed by atoms with Gasteiger partial charge in [0, 0.05) is 14.2 Å². The second-order valence-corrected chi connectivity index (χ2v) is 13.3. The van der Waals surface area contributed by atoms with Gasteiger partial charge in [-0.1, -0.05) is 32.4 Å². The Kier molecular flexibility index (Phi) is 6.85. The molecule has 2 nitrogen and oxygen atoms in total. The van der Waals surface area contributed by atoms with Crippen LogP contribution < -0.4 is 0 Å². The van der Waals surface area contributed by atoms with Gasteiger partial charge in [0.15, 0.2) is 5.60 Å². The van der Waals surface area contributed by atoms with Crippen molar-refractivity contribution in [3.8, 4) is 0 Å². The summed E-state index contributed by atoms with van der Waals surface area (Å²) < 4.78 is 51.6. The molecule has 9 atom stereocenters. The molecule has 34 heavy (non-hydrogen) atoms. The maximum Gasteiger partial charge on any atom is 0.417 e. The molecule has 4 rings (SSSR count). The number of hydrogen-bond acceptors (Lipinski definition) is 2. The molecule has 0 amide bonds. The lowest BCUT2D eigenvalue weighted by Crippen LogP contribution is -2.52. The fourth-order valence-corrected chi connectivity index (χ4v) is 9.01. The lowest BCUT2D eigenvalue weighted by molar-refractivity contribution is -0.266. The molecule has 0 aromatic heterocycles. The van der Waals surface area contributed by atoms with Gasteiger partial charge in [-0.25, -0.2) is 0 Å². The average molecular weight is 485 g/mol. The van der Waals surface area contributed by atoms with Gasteiger partial charge in [-0.15, -0.1) is 0 Å². The van der Waals surface area contributed by atoms with Crippen LogP contribution in [-0.4, -0.2) is 31.6 Å². The summed E-state index contributed by atoms with van der Waals surface area (Å²) in [6.45, 7) is 10.7. The molecule has 5 heteroatoms. The van der Waals surface area contributed by atoms with E-state index >= 15 is 0 Å². The van der Waals surface area contributed by atoms with Crippen molar-refractivity contribution in [3.63, 3.8) is 0 Å². The van der Waals surface area contributed by atoms with Gasteiger partial charge in [-0.2, -0.15) is 13.2 Å². The van der Waals surface area contributed by atoms with E-state index in [0.717, 1.165) is 31.1 Å². The molecule has 0 aromatic rings. The number of halogens is 3. The summed E-state index contributed by atoms with van der Waals surface area (Å²) in [5.74, 6) is 2.94. The fourth-order valence-electron chi connectivity index (χ4n) is 9.01. The van der Waals surface area contributed by atoms with Crippen molar-refractivity contribution >= 4 is 0 Å². The predicted octanol–water partition coefficient (Wildman–Crippen LogP) is 8.35. The van der Waals surface area contributed by atoms with E-state index in [4.69, 9.17) is 9.47 Å². The van der Waals surface area contributed by atoms with Gasteiger partial charge < -0.3 is 9.47 Å². The molecule has 196 valence electrons. The molecular formula is C29H47F3O2. The van der Waals surface area contributed by atoms with Gasteiger partial charge in [0.1, 0.15) is 0 Å². The van der Waals surface area contributed by atoms with Crippen molar-refractivity contribution in [3.05, 3.63) is 11.6 Å². The fraction of sp³-hybridized carbons (Fsp3) is 0.931. The van der Waals surface area contributed by atoms with Gasteiger partial charge in [-0.05, 0) is 118 Å². The van der Waals surface area contributed by atoms with E-state index in [-0.39, 0.29) is 23.4 Å². The van der Waals surface area contributed by atoms with Crippen LogP contribution in [0.3, 0.4) is 0 Å². The second kappa shape index (κ2) is 8.78. The zero-order valence-electron chi connectivity index (χ0n) is 22.5. The van der Waals surface area contributed by atoms with Crippen LogP contribution in [0, 0.1) is 40.4 Å². The highest BCUT2D eigenvalue weighted by Gasteiger charge is 2.60. The minimum absolute atomic E-state index is 0.0254.